The average Bonchev–Trinajstić information content (AvgIpc) is 3.18. The van der Waals surface area contributed by atoms with Crippen molar-refractivity contribution in [2.45, 2.75) is 30.7 Å². The summed E-state index contributed by atoms with van der Waals surface area (Å²) in [6, 6.07) is 8.08. The van der Waals surface area contributed by atoms with E-state index in [0.717, 1.165) is 40.7 Å². The molecule has 3 aromatic rings. The van der Waals surface area contributed by atoms with E-state index in [1.165, 1.54) is 17.3 Å². The third-order valence-corrected chi connectivity index (χ3v) is 5.42. The lowest BCUT2D eigenvalue weighted by Gasteiger charge is -2.15. The van der Waals surface area contributed by atoms with E-state index in [1.54, 1.807) is 4.68 Å². The van der Waals surface area contributed by atoms with E-state index in [-0.39, 0.29) is 11.2 Å². The Kier molecular flexibility index (Phi) is 3.60. The van der Waals surface area contributed by atoms with Crippen LogP contribution in [-0.4, -0.2) is 37.5 Å². The predicted molar refractivity (Wildman–Crippen MR) is 95.4 cm³/mol. The highest BCUT2D eigenvalue weighted by Crippen LogP contribution is 2.32. The SMILES string of the molecule is Cc1ccc2nc(SC3CCN(c4cc(C)nn4C)C3=O)[nH]c2c1. The molecule has 0 aliphatic carbocycles. The number of hydrogen-bond donors (Lipinski definition) is 1. The number of aryl methyl sites for hydroxylation is 3. The molecule has 1 aliphatic heterocycles. The second kappa shape index (κ2) is 5.66. The number of H-pyrrole nitrogens is 1. The Morgan fingerprint density at radius 3 is 2.88 bits per heavy atom. The molecule has 1 saturated heterocycles. The Balaban J connectivity index is 1.54. The van der Waals surface area contributed by atoms with Gasteiger partial charge in [-0.25, -0.2) is 4.98 Å². The van der Waals surface area contributed by atoms with E-state index in [9.17, 15) is 4.79 Å². The van der Waals surface area contributed by atoms with Crippen molar-refractivity contribution < 1.29 is 4.79 Å². The van der Waals surface area contributed by atoms with Gasteiger partial charge in [-0.05, 0) is 38.0 Å². The van der Waals surface area contributed by atoms with Crippen molar-refractivity contribution in [3.05, 3.63) is 35.5 Å². The Hall–Kier alpha value is -2.28. The number of aromatic nitrogens is 4. The van der Waals surface area contributed by atoms with Gasteiger partial charge >= 0.3 is 0 Å². The summed E-state index contributed by atoms with van der Waals surface area (Å²) in [4.78, 5) is 22.5. The monoisotopic (exact) mass is 341 g/mol. The van der Waals surface area contributed by atoms with Gasteiger partial charge in [-0.2, -0.15) is 5.10 Å². The van der Waals surface area contributed by atoms with Crippen LogP contribution in [0.2, 0.25) is 0 Å². The van der Waals surface area contributed by atoms with Gasteiger partial charge in [0.2, 0.25) is 5.91 Å². The molecule has 4 rings (SSSR count). The van der Waals surface area contributed by atoms with Crippen molar-refractivity contribution in [3.63, 3.8) is 0 Å². The number of anilines is 1. The molecule has 0 radical (unpaired) electrons. The molecule has 6 nitrogen and oxygen atoms in total. The Labute approximate surface area is 144 Å². The molecular weight excluding hydrogens is 322 g/mol. The molecule has 1 unspecified atom stereocenters. The summed E-state index contributed by atoms with van der Waals surface area (Å²) in [5, 5.41) is 5.03. The molecule has 1 aliphatic rings. The van der Waals surface area contributed by atoms with Crippen molar-refractivity contribution in [3.8, 4) is 0 Å². The summed E-state index contributed by atoms with van der Waals surface area (Å²) in [6.45, 7) is 4.71. The highest BCUT2D eigenvalue weighted by atomic mass is 32.2. The van der Waals surface area contributed by atoms with E-state index in [4.69, 9.17) is 0 Å². The number of thioether (sulfide) groups is 1. The number of benzene rings is 1. The number of hydrogen-bond acceptors (Lipinski definition) is 4. The Morgan fingerprint density at radius 2 is 2.12 bits per heavy atom. The highest BCUT2D eigenvalue weighted by molar-refractivity contribution is 8.00. The minimum atomic E-state index is -0.109. The van der Waals surface area contributed by atoms with Gasteiger partial charge in [0.05, 0.1) is 22.0 Å². The summed E-state index contributed by atoms with van der Waals surface area (Å²) < 4.78 is 1.77. The quantitative estimate of drug-likeness (QED) is 0.795. The van der Waals surface area contributed by atoms with Gasteiger partial charge in [-0.15, -0.1) is 0 Å². The predicted octanol–water partition coefficient (Wildman–Crippen LogP) is 2.81. The van der Waals surface area contributed by atoms with E-state index in [2.05, 4.69) is 28.1 Å². The number of carbonyl (C=O) groups excluding carboxylic acids is 1. The zero-order valence-electron chi connectivity index (χ0n) is 13.9. The van der Waals surface area contributed by atoms with Crippen LogP contribution < -0.4 is 4.90 Å². The first-order valence-corrected chi connectivity index (χ1v) is 8.84. The number of carbonyl (C=O) groups is 1. The fraction of sp³-hybridized carbons (Fsp3) is 0.353. The fourth-order valence-electron chi connectivity index (χ4n) is 3.13. The zero-order valence-corrected chi connectivity index (χ0v) is 14.7. The molecule has 1 atom stereocenters. The molecule has 7 heteroatoms. The van der Waals surface area contributed by atoms with Crippen LogP contribution in [0.4, 0.5) is 5.82 Å². The number of imidazole rings is 1. The summed E-state index contributed by atoms with van der Waals surface area (Å²) in [5.74, 6) is 0.987. The molecule has 1 N–H and O–H groups in total. The molecule has 0 saturated carbocycles. The van der Waals surface area contributed by atoms with Crippen LogP contribution in [0.1, 0.15) is 17.7 Å². The van der Waals surface area contributed by atoms with Crippen LogP contribution in [0, 0.1) is 13.8 Å². The van der Waals surface area contributed by atoms with Crippen molar-refractivity contribution in [1.82, 2.24) is 19.7 Å². The standard InChI is InChI=1S/C17H19N5OS/c1-10-4-5-12-13(8-10)19-17(18-12)24-14-6-7-22(16(14)23)15-9-11(2)20-21(15)3/h4-5,8-9,14H,6-7H2,1-3H3,(H,18,19). The number of nitrogens with one attached hydrogen (secondary N) is 1. The number of nitrogens with zero attached hydrogens (tertiary/aromatic N) is 4. The molecule has 0 bridgehead atoms. The Bertz CT molecular complexity index is 928. The Morgan fingerprint density at radius 1 is 1.29 bits per heavy atom. The molecule has 3 heterocycles. The smallest absolute Gasteiger partial charge is 0.241 e. The first-order valence-electron chi connectivity index (χ1n) is 7.96. The van der Waals surface area contributed by atoms with Gasteiger partial charge in [-0.1, -0.05) is 17.8 Å². The van der Waals surface area contributed by atoms with Gasteiger partial charge in [0.1, 0.15) is 5.82 Å². The lowest BCUT2D eigenvalue weighted by atomic mass is 10.2. The molecule has 2 aromatic heterocycles. The summed E-state index contributed by atoms with van der Waals surface area (Å²) >= 11 is 1.51. The zero-order chi connectivity index (χ0) is 16.8. The van der Waals surface area contributed by atoms with Crippen LogP contribution in [-0.2, 0) is 11.8 Å². The summed E-state index contributed by atoms with van der Waals surface area (Å²) in [7, 11) is 1.87. The maximum absolute atomic E-state index is 12.8. The number of rotatable bonds is 3. The van der Waals surface area contributed by atoms with Gasteiger partial charge in [0.25, 0.3) is 0 Å². The highest BCUT2D eigenvalue weighted by Gasteiger charge is 2.35. The first-order chi connectivity index (χ1) is 11.5. The summed E-state index contributed by atoms with van der Waals surface area (Å²) in [5.41, 5.74) is 4.07. The maximum atomic E-state index is 12.8. The number of fused-ring (bicyclic) bond motifs is 1. The largest absolute Gasteiger partial charge is 0.333 e. The molecule has 24 heavy (non-hydrogen) atoms. The van der Waals surface area contributed by atoms with Crippen molar-refractivity contribution in [2.75, 3.05) is 11.4 Å². The number of aromatic amines is 1. The lowest BCUT2D eigenvalue weighted by Crippen LogP contribution is -2.29. The molecule has 124 valence electrons. The minimum absolute atomic E-state index is 0.109. The molecule has 1 amide bonds. The van der Waals surface area contributed by atoms with Gasteiger partial charge in [0, 0.05) is 19.7 Å². The van der Waals surface area contributed by atoms with Crippen molar-refractivity contribution in [1.29, 1.82) is 0 Å². The van der Waals surface area contributed by atoms with Crippen LogP contribution >= 0.6 is 11.8 Å². The number of amides is 1. The second-order valence-electron chi connectivity index (χ2n) is 6.22. The summed E-state index contributed by atoms with van der Waals surface area (Å²) in [6.07, 6.45) is 0.809. The first kappa shape index (κ1) is 15.3. The lowest BCUT2D eigenvalue weighted by molar-refractivity contribution is -0.116. The van der Waals surface area contributed by atoms with E-state index < -0.39 is 0 Å². The molecule has 1 fully saturated rings. The van der Waals surface area contributed by atoms with Gasteiger partial charge in [0.15, 0.2) is 5.16 Å². The third-order valence-electron chi connectivity index (χ3n) is 4.28. The topological polar surface area (TPSA) is 66.8 Å². The van der Waals surface area contributed by atoms with Crippen LogP contribution in [0.15, 0.2) is 29.4 Å². The maximum Gasteiger partial charge on any atom is 0.241 e. The van der Waals surface area contributed by atoms with Gasteiger partial charge in [-0.3, -0.25) is 14.4 Å². The normalized spacial score (nSPS) is 18.0. The second-order valence-corrected chi connectivity index (χ2v) is 7.41. The molecular formula is C17H19N5OS. The van der Waals surface area contributed by atoms with Crippen LogP contribution in [0.3, 0.4) is 0 Å². The van der Waals surface area contributed by atoms with Crippen molar-refractivity contribution >= 4 is 34.5 Å². The molecule has 1 aromatic carbocycles. The van der Waals surface area contributed by atoms with Crippen LogP contribution in [0.5, 0.6) is 0 Å². The van der Waals surface area contributed by atoms with Crippen LogP contribution in [0.25, 0.3) is 11.0 Å². The third kappa shape index (κ3) is 2.58. The van der Waals surface area contributed by atoms with E-state index in [0.29, 0.717) is 0 Å². The average molecular weight is 341 g/mol. The van der Waals surface area contributed by atoms with E-state index in [1.807, 2.05) is 37.1 Å². The van der Waals surface area contributed by atoms with E-state index >= 15 is 0 Å². The fourth-order valence-corrected chi connectivity index (χ4v) is 4.17. The van der Waals surface area contributed by atoms with Gasteiger partial charge < -0.3 is 4.98 Å². The molecule has 0 spiro atoms. The minimum Gasteiger partial charge on any atom is -0.333 e. The van der Waals surface area contributed by atoms with Crippen molar-refractivity contribution in [2.24, 2.45) is 7.05 Å².